The van der Waals surface area contributed by atoms with Gasteiger partial charge in [0.25, 0.3) is 0 Å². The number of anilines is 1. The van der Waals surface area contributed by atoms with Gasteiger partial charge in [0.15, 0.2) is 0 Å². The molecule has 17 heavy (non-hydrogen) atoms. The van der Waals surface area contributed by atoms with E-state index in [4.69, 9.17) is 5.26 Å². The smallest absolute Gasteiger partial charge is 0.321 e. The minimum absolute atomic E-state index is 0.196. The van der Waals surface area contributed by atoms with E-state index in [1.165, 1.54) is 4.90 Å². The fourth-order valence-electron chi connectivity index (χ4n) is 1.24. The van der Waals surface area contributed by atoms with Crippen molar-refractivity contribution in [1.82, 2.24) is 4.90 Å². The molecule has 0 saturated carbocycles. The summed E-state index contributed by atoms with van der Waals surface area (Å²) in [6.07, 6.45) is 2.33. The number of nitriles is 1. The monoisotopic (exact) mass is 249 g/mol. The van der Waals surface area contributed by atoms with Gasteiger partial charge >= 0.3 is 6.03 Å². The van der Waals surface area contributed by atoms with Crippen LogP contribution in [0.2, 0.25) is 0 Å². The Morgan fingerprint density at radius 2 is 2.35 bits per heavy atom. The largest absolute Gasteiger partial charge is 0.327 e. The third-order valence-corrected chi connectivity index (χ3v) is 2.95. The van der Waals surface area contributed by atoms with Gasteiger partial charge in [0.2, 0.25) is 0 Å². The van der Waals surface area contributed by atoms with Crippen LogP contribution in [0.25, 0.3) is 0 Å². The maximum Gasteiger partial charge on any atom is 0.321 e. The predicted octanol–water partition coefficient (Wildman–Crippen LogP) is 2.79. The van der Waals surface area contributed by atoms with E-state index in [1.807, 2.05) is 36.6 Å². The summed E-state index contributed by atoms with van der Waals surface area (Å²) in [5, 5.41) is 11.2. The van der Waals surface area contributed by atoms with Gasteiger partial charge in [-0.3, -0.25) is 0 Å². The Bertz CT molecular complexity index is 428. The summed E-state index contributed by atoms with van der Waals surface area (Å²) in [5.74, 6) is 0. The number of nitrogens with one attached hydrogen (secondary N) is 1. The Balaban J connectivity index is 2.58. The predicted molar refractivity (Wildman–Crippen MR) is 70.1 cm³/mol. The number of hydrogen-bond donors (Lipinski definition) is 1. The SMILES string of the molecule is CSc1cccc(NC(=O)N(C)CCC#N)c1. The van der Waals surface area contributed by atoms with Gasteiger partial charge in [0.05, 0.1) is 12.5 Å². The summed E-state index contributed by atoms with van der Waals surface area (Å²) in [6, 6.07) is 9.46. The molecule has 5 heteroatoms. The number of nitrogens with zero attached hydrogens (tertiary/aromatic N) is 2. The van der Waals surface area contributed by atoms with E-state index in [0.717, 1.165) is 10.6 Å². The van der Waals surface area contributed by atoms with E-state index < -0.39 is 0 Å². The van der Waals surface area contributed by atoms with E-state index >= 15 is 0 Å². The molecule has 0 bridgehead atoms. The van der Waals surface area contributed by atoms with Crippen LogP contribution in [0.3, 0.4) is 0 Å². The third kappa shape index (κ3) is 4.37. The van der Waals surface area contributed by atoms with E-state index in [0.29, 0.717) is 13.0 Å². The van der Waals surface area contributed by atoms with Crippen molar-refractivity contribution in [2.75, 3.05) is 25.2 Å². The van der Waals surface area contributed by atoms with Gasteiger partial charge in [0, 0.05) is 24.2 Å². The zero-order valence-electron chi connectivity index (χ0n) is 9.93. The van der Waals surface area contributed by atoms with Crippen molar-refractivity contribution >= 4 is 23.5 Å². The molecule has 0 unspecified atom stereocenters. The van der Waals surface area contributed by atoms with E-state index in [2.05, 4.69) is 5.32 Å². The lowest BCUT2D eigenvalue weighted by Crippen LogP contribution is -2.31. The van der Waals surface area contributed by atoms with Crippen molar-refractivity contribution in [2.24, 2.45) is 0 Å². The lowest BCUT2D eigenvalue weighted by atomic mass is 10.3. The quantitative estimate of drug-likeness (QED) is 0.835. The molecule has 0 heterocycles. The molecule has 1 aromatic rings. The molecule has 0 saturated heterocycles. The van der Waals surface area contributed by atoms with Crippen LogP contribution >= 0.6 is 11.8 Å². The number of carbonyl (C=O) groups excluding carboxylic acids is 1. The highest BCUT2D eigenvalue weighted by molar-refractivity contribution is 7.98. The highest BCUT2D eigenvalue weighted by Gasteiger charge is 2.08. The first-order valence-corrected chi connectivity index (χ1v) is 6.43. The zero-order valence-corrected chi connectivity index (χ0v) is 10.8. The second-order valence-corrected chi connectivity index (χ2v) is 4.37. The van der Waals surface area contributed by atoms with Crippen molar-refractivity contribution in [1.29, 1.82) is 5.26 Å². The second-order valence-electron chi connectivity index (χ2n) is 3.49. The minimum atomic E-state index is -0.196. The first-order valence-electron chi connectivity index (χ1n) is 5.20. The van der Waals surface area contributed by atoms with Crippen LogP contribution < -0.4 is 5.32 Å². The van der Waals surface area contributed by atoms with Crippen LogP contribution in [0.5, 0.6) is 0 Å². The van der Waals surface area contributed by atoms with Gasteiger partial charge < -0.3 is 10.2 Å². The van der Waals surface area contributed by atoms with Crippen molar-refractivity contribution in [3.05, 3.63) is 24.3 Å². The Labute approximate surface area is 106 Å². The Morgan fingerprint density at radius 3 is 3.00 bits per heavy atom. The van der Waals surface area contributed by atoms with E-state index in [-0.39, 0.29) is 6.03 Å². The number of hydrogen-bond acceptors (Lipinski definition) is 3. The molecule has 0 fully saturated rings. The van der Waals surface area contributed by atoms with Crippen LogP contribution in [-0.4, -0.2) is 30.8 Å². The number of rotatable bonds is 4. The first kappa shape index (κ1) is 13.4. The Hall–Kier alpha value is -1.67. The number of urea groups is 1. The van der Waals surface area contributed by atoms with E-state index in [1.54, 1.807) is 18.8 Å². The molecular weight excluding hydrogens is 234 g/mol. The summed E-state index contributed by atoms with van der Waals surface area (Å²) in [5.41, 5.74) is 0.769. The molecule has 4 nitrogen and oxygen atoms in total. The molecule has 2 amide bonds. The molecule has 0 aliphatic rings. The summed E-state index contributed by atoms with van der Waals surface area (Å²) >= 11 is 1.62. The second kappa shape index (κ2) is 6.81. The fourth-order valence-corrected chi connectivity index (χ4v) is 1.70. The maximum absolute atomic E-state index is 11.7. The normalized spacial score (nSPS) is 9.47. The topological polar surface area (TPSA) is 56.1 Å². The van der Waals surface area contributed by atoms with Crippen molar-refractivity contribution < 1.29 is 4.79 Å². The van der Waals surface area contributed by atoms with Crippen LogP contribution in [-0.2, 0) is 0 Å². The Kier molecular flexibility index (Phi) is 5.37. The van der Waals surface area contributed by atoms with Crippen molar-refractivity contribution in [3.8, 4) is 6.07 Å². The van der Waals surface area contributed by atoms with Gasteiger partial charge in [-0.05, 0) is 24.5 Å². The third-order valence-electron chi connectivity index (χ3n) is 2.23. The first-order chi connectivity index (χ1) is 8.17. The molecule has 0 atom stereocenters. The van der Waals surface area contributed by atoms with Gasteiger partial charge in [-0.1, -0.05) is 6.07 Å². The molecule has 1 rings (SSSR count). The summed E-state index contributed by atoms with van der Waals surface area (Å²) in [7, 11) is 1.67. The highest BCUT2D eigenvalue weighted by atomic mass is 32.2. The van der Waals surface area contributed by atoms with Crippen LogP contribution in [0.4, 0.5) is 10.5 Å². The Morgan fingerprint density at radius 1 is 1.59 bits per heavy atom. The number of amides is 2. The molecule has 0 aromatic heterocycles. The van der Waals surface area contributed by atoms with Crippen molar-refractivity contribution in [3.63, 3.8) is 0 Å². The van der Waals surface area contributed by atoms with Gasteiger partial charge in [-0.2, -0.15) is 5.26 Å². The molecule has 1 N–H and O–H groups in total. The summed E-state index contributed by atoms with van der Waals surface area (Å²) in [4.78, 5) is 14.3. The van der Waals surface area contributed by atoms with E-state index in [9.17, 15) is 4.79 Å². The molecule has 0 radical (unpaired) electrons. The highest BCUT2D eigenvalue weighted by Crippen LogP contribution is 2.19. The maximum atomic E-state index is 11.7. The average molecular weight is 249 g/mol. The van der Waals surface area contributed by atoms with Gasteiger partial charge in [-0.25, -0.2) is 4.79 Å². The molecule has 0 spiro atoms. The number of carbonyl (C=O) groups is 1. The molecule has 0 aliphatic heterocycles. The van der Waals surface area contributed by atoms with Crippen LogP contribution in [0.15, 0.2) is 29.2 Å². The summed E-state index contributed by atoms with van der Waals surface area (Å²) in [6.45, 7) is 0.435. The van der Waals surface area contributed by atoms with Crippen LogP contribution in [0.1, 0.15) is 6.42 Å². The lowest BCUT2D eigenvalue weighted by Gasteiger charge is -2.16. The molecular formula is C12H15N3OS. The zero-order chi connectivity index (χ0) is 12.7. The fraction of sp³-hybridized carbons (Fsp3) is 0.333. The van der Waals surface area contributed by atoms with Crippen LogP contribution in [0, 0.1) is 11.3 Å². The average Bonchev–Trinajstić information content (AvgIpc) is 2.36. The standard InChI is InChI=1S/C12H15N3OS/c1-15(8-4-7-13)12(16)14-10-5-3-6-11(9-10)17-2/h3,5-6,9H,4,8H2,1-2H3,(H,14,16). The summed E-state index contributed by atoms with van der Waals surface area (Å²) < 4.78 is 0. The number of benzene rings is 1. The number of thioether (sulfide) groups is 1. The van der Waals surface area contributed by atoms with Crippen molar-refractivity contribution in [2.45, 2.75) is 11.3 Å². The minimum Gasteiger partial charge on any atom is -0.327 e. The van der Waals surface area contributed by atoms with Gasteiger partial charge in [-0.15, -0.1) is 11.8 Å². The molecule has 0 aliphatic carbocycles. The molecule has 1 aromatic carbocycles. The lowest BCUT2D eigenvalue weighted by molar-refractivity contribution is 0.223. The van der Waals surface area contributed by atoms with Gasteiger partial charge in [0.1, 0.15) is 0 Å². The molecule has 90 valence electrons.